The van der Waals surface area contributed by atoms with Gasteiger partial charge in [0.1, 0.15) is 12.2 Å². The van der Waals surface area contributed by atoms with Crippen molar-refractivity contribution in [3.05, 3.63) is 85.1 Å². The molecule has 19 nitrogen and oxygen atoms in total. The quantitative estimate of drug-likeness (QED) is 0.169. The summed E-state index contributed by atoms with van der Waals surface area (Å²) in [6.45, 7) is 3.22. The highest BCUT2D eigenvalue weighted by atomic mass is 16.7. The maximum absolute atomic E-state index is 14.1. The minimum absolute atomic E-state index is 0.00807. The molecule has 0 aromatic carbocycles. The van der Waals surface area contributed by atoms with Crippen LogP contribution < -0.4 is 16.8 Å². The largest absolute Gasteiger partial charge is 0.462 e. The van der Waals surface area contributed by atoms with E-state index in [0.29, 0.717) is 25.7 Å². The van der Waals surface area contributed by atoms with Gasteiger partial charge in [0.05, 0.1) is 86.0 Å². The van der Waals surface area contributed by atoms with Gasteiger partial charge in [-0.2, -0.15) is 0 Å². The first kappa shape index (κ1) is 59.1. The average molecular weight is 992 g/mol. The maximum Gasteiger partial charge on any atom is 0.308 e. The lowest BCUT2D eigenvalue weighted by molar-refractivity contribution is -0.304. The van der Waals surface area contributed by atoms with Gasteiger partial charge in [0.2, 0.25) is 5.91 Å². The molecule has 70 heavy (non-hydrogen) atoms. The maximum atomic E-state index is 14.1. The highest BCUT2D eigenvalue weighted by Crippen LogP contribution is 2.38. The van der Waals surface area contributed by atoms with E-state index < -0.39 is 135 Å². The van der Waals surface area contributed by atoms with Crippen molar-refractivity contribution in [2.45, 2.75) is 201 Å². The Balaban J connectivity index is 1.58. The molecule has 1 aliphatic carbocycles. The molecule has 2 saturated heterocycles. The van der Waals surface area contributed by atoms with Crippen molar-refractivity contribution < 1.29 is 79.6 Å². The van der Waals surface area contributed by atoms with Crippen LogP contribution in [0.15, 0.2) is 85.1 Å². The Bertz CT molecular complexity index is 1790. The summed E-state index contributed by atoms with van der Waals surface area (Å²) < 4.78 is 23.5. The number of hydrogen-bond donors (Lipinski definition) is 13. The van der Waals surface area contributed by atoms with Gasteiger partial charge >= 0.3 is 5.97 Å². The SMILES string of the molecule is C[C@H]1C[C@H](O)[C@@H](C)/C=C/C=C/C=C/C=C/C=C/C=C/C=C/C(O[C@@H]2OC[C@@H](O)[C@H](N)[C@@H]2O)C[C@@H]2OC(O)(C[C@@H](O)C[C@@H](O)C(O)CCC(O)CC(O)CC(=O)O1)C[C@H](O)C2C(=O)NC1CCC(N)CC1. The second kappa shape index (κ2) is 29.9. The molecule has 15 N–H and O–H groups in total. The first-order valence-electron chi connectivity index (χ1n) is 24.7. The van der Waals surface area contributed by atoms with E-state index >= 15 is 0 Å². The van der Waals surface area contributed by atoms with Crippen LogP contribution in [0.4, 0.5) is 0 Å². The Morgan fingerprint density at radius 1 is 0.657 bits per heavy atom. The highest BCUT2D eigenvalue weighted by molar-refractivity contribution is 5.80. The zero-order chi connectivity index (χ0) is 51.4. The van der Waals surface area contributed by atoms with Crippen molar-refractivity contribution in [1.82, 2.24) is 5.32 Å². The van der Waals surface area contributed by atoms with Crippen LogP contribution in [-0.4, -0.2) is 173 Å². The van der Waals surface area contributed by atoms with E-state index in [2.05, 4.69) is 5.32 Å². The number of ether oxygens (including phenoxy) is 4. The third-order valence-corrected chi connectivity index (χ3v) is 13.2. The summed E-state index contributed by atoms with van der Waals surface area (Å²) in [4.78, 5) is 26.6. The van der Waals surface area contributed by atoms with Crippen LogP contribution >= 0.6 is 0 Å². The number of nitrogens with one attached hydrogen (secondary N) is 1. The number of esters is 1. The molecule has 6 unspecified atom stereocenters. The van der Waals surface area contributed by atoms with Crippen molar-refractivity contribution >= 4 is 11.9 Å². The minimum Gasteiger partial charge on any atom is -0.462 e. The van der Waals surface area contributed by atoms with Gasteiger partial charge in [-0.25, -0.2) is 0 Å². The molecule has 1 amide bonds. The molecule has 1 saturated carbocycles. The molecular formula is C51H81N3O16. The van der Waals surface area contributed by atoms with Gasteiger partial charge < -0.3 is 86.8 Å². The zero-order valence-electron chi connectivity index (χ0n) is 40.5. The molecule has 0 spiro atoms. The van der Waals surface area contributed by atoms with Gasteiger partial charge in [0.15, 0.2) is 12.1 Å². The van der Waals surface area contributed by atoms with Crippen LogP contribution in [0.3, 0.4) is 0 Å². The van der Waals surface area contributed by atoms with Crippen LogP contribution in [0.5, 0.6) is 0 Å². The fourth-order valence-corrected chi connectivity index (χ4v) is 9.07. The van der Waals surface area contributed by atoms with Crippen LogP contribution in [0, 0.1) is 11.8 Å². The summed E-state index contributed by atoms with van der Waals surface area (Å²) in [7, 11) is 0. The smallest absolute Gasteiger partial charge is 0.308 e. The van der Waals surface area contributed by atoms with E-state index in [1.54, 1.807) is 55.5 Å². The number of aliphatic hydroxyl groups is 10. The van der Waals surface area contributed by atoms with E-state index in [9.17, 15) is 60.7 Å². The predicted molar refractivity (Wildman–Crippen MR) is 259 cm³/mol. The number of rotatable bonds is 4. The number of nitrogens with two attached hydrogens (primary N) is 2. The number of cyclic esters (lactones) is 1. The Kier molecular flexibility index (Phi) is 25.2. The average Bonchev–Trinajstić information content (AvgIpc) is 3.27. The number of allylic oxidation sites excluding steroid dienone is 12. The molecule has 19 heteroatoms. The Morgan fingerprint density at radius 2 is 1.26 bits per heavy atom. The molecule has 0 radical (unpaired) electrons. The van der Waals surface area contributed by atoms with Gasteiger partial charge in [-0.1, -0.05) is 92.0 Å². The summed E-state index contributed by atoms with van der Waals surface area (Å²) >= 11 is 0. The Morgan fingerprint density at radius 3 is 1.89 bits per heavy atom. The van der Waals surface area contributed by atoms with Crippen LogP contribution in [0.1, 0.15) is 97.3 Å². The molecule has 3 aliphatic heterocycles. The fraction of sp³-hybridized carbons (Fsp3) is 0.686. The topological polar surface area (TPSA) is 337 Å². The first-order chi connectivity index (χ1) is 33.2. The molecule has 4 aliphatic rings. The molecule has 17 atom stereocenters. The highest BCUT2D eigenvalue weighted by Gasteiger charge is 2.51. The van der Waals surface area contributed by atoms with E-state index in [-0.39, 0.29) is 56.7 Å². The summed E-state index contributed by atoms with van der Waals surface area (Å²) in [5.74, 6) is -5.03. The molecule has 0 aromatic rings. The van der Waals surface area contributed by atoms with Gasteiger partial charge in [0.25, 0.3) is 0 Å². The summed E-state index contributed by atoms with van der Waals surface area (Å²) in [6, 6.07) is -1.32. The van der Waals surface area contributed by atoms with Crippen molar-refractivity contribution in [3.8, 4) is 0 Å². The van der Waals surface area contributed by atoms with Crippen molar-refractivity contribution in [2.75, 3.05) is 6.61 Å². The summed E-state index contributed by atoms with van der Waals surface area (Å²) in [5.41, 5.74) is 12.1. The molecule has 3 heterocycles. The number of carbonyl (C=O) groups excluding carboxylic acids is 2. The lowest BCUT2D eigenvalue weighted by Crippen LogP contribution is -2.60. The van der Waals surface area contributed by atoms with E-state index in [0.717, 1.165) is 0 Å². The Labute approximate surface area is 411 Å². The normalized spacial score (nSPS) is 44.3. The number of fused-ring (bicyclic) bond motifs is 2. The second-order valence-electron chi connectivity index (χ2n) is 19.5. The number of hydrogen-bond acceptors (Lipinski definition) is 18. The van der Waals surface area contributed by atoms with Crippen LogP contribution in [0.25, 0.3) is 0 Å². The monoisotopic (exact) mass is 992 g/mol. The molecule has 0 aromatic heterocycles. The van der Waals surface area contributed by atoms with Gasteiger partial charge in [0, 0.05) is 50.1 Å². The Hall–Kier alpha value is -3.48. The lowest BCUT2D eigenvalue weighted by Gasteiger charge is -2.46. The first-order valence-corrected chi connectivity index (χ1v) is 24.7. The molecular weight excluding hydrogens is 911 g/mol. The second-order valence-corrected chi connectivity index (χ2v) is 19.5. The minimum atomic E-state index is -2.26. The summed E-state index contributed by atoms with van der Waals surface area (Å²) in [5, 5.41) is 112. The van der Waals surface area contributed by atoms with Crippen molar-refractivity contribution in [2.24, 2.45) is 23.3 Å². The van der Waals surface area contributed by atoms with Crippen LogP contribution in [0.2, 0.25) is 0 Å². The van der Waals surface area contributed by atoms with E-state index in [1.807, 2.05) is 43.4 Å². The number of carbonyl (C=O) groups is 2. The predicted octanol–water partition coefficient (Wildman–Crippen LogP) is 0.379. The van der Waals surface area contributed by atoms with Crippen molar-refractivity contribution in [1.29, 1.82) is 0 Å². The lowest BCUT2D eigenvalue weighted by atomic mass is 9.81. The van der Waals surface area contributed by atoms with Gasteiger partial charge in [-0.3, -0.25) is 9.59 Å². The number of aliphatic hydroxyl groups excluding tert-OH is 9. The standard InChI is InChI=1S/C51H81N3O16/c1-31-15-13-11-9-7-5-3-4-6-8-10-12-14-16-38(69-50-48(64)47(53)43(62)30-67-50)27-44-46(49(65)54-34-19-17-33(52)18-20-34)42(61)29-51(66,70-44)28-37(57)25-41(60)39(58)22-21-35(55)24-36(56)26-45(63)68-32(2)23-40(31)59/h3-16,31-44,46-48,50,55-62,64,66H,17-30,52-53H2,1-2H3,(H,54,65)/b4-3+,7-5+,8-6+,11-9+,12-10+,15-13+,16-14+/t31-,32-,33?,34?,35?,36?,37-,38?,39?,40-,41+,42-,43+,44-,46?,47-,48-,50-,51?/m0/s1. The zero-order valence-corrected chi connectivity index (χ0v) is 40.5. The van der Waals surface area contributed by atoms with Gasteiger partial charge in [-0.15, -0.1) is 0 Å². The molecule has 3 fully saturated rings. The molecule has 2 bridgehead atoms. The van der Waals surface area contributed by atoms with E-state index in [4.69, 9.17) is 30.4 Å². The number of amides is 1. The van der Waals surface area contributed by atoms with Gasteiger partial charge in [-0.05, 0) is 51.9 Å². The van der Waals surface area contributed by atoms with Crippen LogP contribution in [-0.2, 0) is 28.5 Å². The van der Waals surface area contributed by atoms with E-state index in [1.165, 1.54) is 0 Å². The summed E-state index contributed by atoms with van der Waals surface area (Å²) in [6.07, 6.45) is 8.71. The third kappa shape index (κ3) is 20.6. The molecule has 4 rings (SSSR count). The van der Waals surface area contributed by atoms with Crippen molar-refractivity contribution in [3.63, 3.8) is 0 Å². The fourth-order valence-electron chi connectivity index (χ4n) is 9.07. The molecule has 396 valence electrons. The third-order valence-electron chi connectivity index (χ3n) is 13.2.